The number of unbranched alkanes of at least 4 members (excludes halogenated alkanes) is 2. The summed E-state index contributed by atoms with van der Waals surface area (Å²) in [6.45, 7) is 15.8. The van der Waals surface area contributed by atoms with Gasteiger partial charge in [0.15, 0.2) is 47.2 Å². The van der Waals surface area contributed by atoms with Gasteiger partial charge in [0.05, 0.1) is 59.1 Å². The van der Waals surface area contributed by atoms with Gasteiger partial charge in [0, 0.05) is 102 Å². The molecule has 34 heteroatoms. The van der Waals surface area contributed by atoms with Crippen LogP contribution in [0.5, 0.6) is 0 Å². The largest absolute Gasteiger partial charge is 0.461 e. The third-order valence-electron chi connectivity index (χ3n) is 29.0. The molecule has 6 fully saturated rings. The lowest BCUT2D eigenvalue weighted by atomic mass is 9.44. The molecule has 139 heavy (non-hydrogen) atoms. The van der Waals surface area contributed by atoms with Gasteiger partial charge in [-0.25, -0.2) is 19.2 Å². The summed E-state index contributed by atoms with van der Waals surface area (Å²) in [4.78, 5) is 213. The number of amides is 2. The van der Waals surface area contributed by atoms with Gasteiger partial charge in [0.25, 0.3) is 11.8 Å². The number of hydrogen-bond acceptors (Lipinski definition) is 32. The average molecular weight is 1920 g/mol. The number of aldehydes is 1. The summed E-state index contributed by atoms with van der Waals surface area (Å²) < 4.78 is 74.2. The second-order valence-electron chi connectivity index (χ2n) is 38.0. The van der Waals surface area contributed by atoms with Gasteiger partial charge >= 0.3 is 59.7 Å². The highest BCUT2D eigenvalue weighted by atomic mass is 16.7. The molecule has 2 amide bonds. The highest BCUT2D eigenvalue weighted by Gasteiger charge is 2.82. The van der Waals surface area contributed by atoms with Crippen LogP contribution in [-0.2, 0) is 110 Å². The summed E-state index contributed by atoms with van der Waals surface area (Å²) in [6.07, 6.45) is -18.5. The van der Waals surface area contributed by atoms with Crippen molar-refractivity contribution in [1.82, 2.24) is 10.6 Å². The van der Waals surface area contributed by atoms with E-state index < -0.39 is 237 Å². The molecule has 8 aliphatic rings. The van der Waals surface area contributed by atoms with Crippen LogP contribution in [0.15, 0.2) is 209 Å². The highest BCUT2D eigenvalue weighted by Crippen LogP contribution is 2.68. The number of nitrogens with one attached hydrogen (secondary N) is 2. The van der Waals surface area contributed by atoms with Gasteiger partial charge < -0.3 is 97.7 Å². The maximum atomic E-state index is 16.1. The lowest BCUT2D eigenvalue weighted by Crippen LogP contribution is -2.82. The molecule has 2 heterocycles. The number of Topliss-reactive ketones (excluding diaryl/α,β-unsaturated/α-hetero) is 2. The number of ketones is 2. The van der Waals surface area contributed by atoms with E-state index in [4.69, 9.17) is 56.8 Å². The van der Waals surface area contributed by atoms with E-state index in [1.54, 1.807) is 199 Å². The van der Waals surface area contributed by atoms with Gasteiger partial charge in [-0.1, -0.05) is 161 Å². The summed E-state index contributed by atoms with van der Waals surface area (Å²) in [5.41, 5.74) is -14.9. The van der Waals surface area contributed by atoms with Crippen molar-refractivity contribution in [2.45, 2.75) is 255 Å². The third-order valence-corrected chi connectivity index (χ3v) is 29.0. The molecule has 4 saturated carbocycles. The molecule has 14 rings (SSSR count). The molecule has 0 spiro atoms. The van der Waals surface area contributed by atoms with Crippen LogP contribution in [0.1, 0.15) is 212 Å². The first kappa shape index (κ1) is 103. The van der Waals surface area contributed by atoms with Gasteiger partial charge in [0.2, 0.25) is 0 Å². The van der Waals surface area contributed by atoms with Crippen LogP contribution in [0.4, 0.5) is 0 Å². The lowest BCUT2D eigenvalue weighted by Gasteiger charge is -2.67. The van der Waals surface area contributed by atoms with E-state index in [1.165, 1.54) is 52.0 Å². The minimum Gasteiger partial charge on any atom is -0.461 e. The van der Waals surface area contributed by atoms with Crippen LogP contribution < -0.4 is 10.6 Å². The molecule has 2 saturated heterocycles. The quantitative estimate of drug-likeness (QED) is 0.00609. The summed E-state index contributed by atoms with van der Waals surface area (Å²) >= 11 is 0. The van der Waals surface area contributed by atoms with Crippen LogP contribution in [0.2, 0.25) is 0 Å². The Labute approximate surface area is 802 Å². The topological polar surface area (TPSA) is 484 Å². The number of aliphatic hydroxyl groups excluding tert-OH is 2. The van der Waals surface area contributed by atoms with Gasteiger partial charge in [-0.3, -0.25) is 47.9 Å². The first-order valence-electron chi connectivity index (χ1n) is 46.2. The zero-order valence-electron chi connectivity index (χ0n) is 79.5. The Balaban J connectivity index is 0.000000234. The molecule has 0 aromatic heterocycles. The molecule has 6 aromatic rings. The van der Waals surface area contributed by atoms with Crippen LogP contribution in [-0.4, -0.2) is 232 Å². The molecule has 6 N–H and O–H groups in total. The summed E-state index contributed by atoms with van der Waals surface area (Å²) in [5, 5.41) is 57.2. The average Bonchev–Trinajstić information content (AvgIpc) is 0.669. The molecule has 6 aliphatic carbocycles. The number of benzene rings is 6. The Morgan fingerprint density at radius 3 is 1.07 bits per heavy atom. The molecule has 34 nitrogen and oxygen atoms in total. The van der Waals surface area contributed by atoms with Crippen molar-refractivity contribution in [1.29, 1.82) is 0 Å². The SMILES string of the molecule is CC(=O)O[C@H]1C(=O)[C@]2(C)[C@@H](OC(=O)CCCC=O)C[C@H]3OC[C@@]3(OC(C)=O)[C@H]2[C@H](OC(=O)c2ccccc2)[C@]2(O)CC(OC(=O)[C@H](O)C(NC(=O)c3ccccc3)c3ccccc3)C(C)=C1C2(C)C.CN=CCCCC(=O)O[C@H]1C[C@H]2OC[C@@]2(OC(C)=O)[C@H]2[C@H](OC(=O)c3ccccc3)[C@]3(O)CC(OC(=O)[C@H](O)C(NC(=O)c4ccccc4)c4ccccc4)C(C)=C([C@@H](OC(C)=O)C(=O)[C@]12C)C3(C)C. The lowest BCUT2D eigenvalue weighted by molar-refractivity contribution is -0.346. The number of carbonyl (C=O) groups excluding carboxylic acids is 15. The second-order valence-corrected chi connectivity index (χ2v) is 38.0. The molecule has 6 aromatic carbocycles. The van der Waals surface area contributed by atoms with Crippen molar-refractivity contribution < 1.29 is 149 Å². The number of aliphatic hydroxyl groups is 4. The molecular weight excluding hydrogens is 1800 g/mol. The smallest absolute Gasteiger partial charge is 0.338 e. The molecular formula is C105H117N3O31. The fraction of sp³-hybridized carbons (Fsp3) is 0.467. The fourth-order valence-electron chi connectivity index (χ4n) is 21.9. The predicted octanol–water partition coefficient (Wildman–Crippen LogP) is 9.81. The molecule has 0 radical (unpaired) electrons. The first-order chi connectivity index (χ1) is 65.9. The highest BCUT2D eigenvalue weighted by molar-refractivity contribution is 5.99. The van der Waals surface area contributed by atoms with Crippen LogP contribution in [0.25, 0.3) is 0 Å². The van der Waals surface area contributed by atoms with E-state index in [0.29, 0.717) is 30.3 Å². The Hall–Kier alpha value is -13.1. The number of aliphatic imine (C=N–C) groups is 1. The van der Waals surface area contributed by atoms with Gasteiger partial charge in [0.1, 0.15) is 66.3 Å². The van der Waals surface area contributed by atoms with E-state index in [2.05, 4.69) is 15.6 Å². The Bertz CT molecular complexity index is 5750. The monoisotopic (exact) mass is 1920 g/mol. The minimum atomic E-state index is -2.48. The predicted molar refractivity (Wildman–Crippen MR) is 491 cm³/mol. The summed E-state index contributed by atoms with van der Waals surface area (Å²) in [5.74, 6) is -15.6. The van der Waals surface area contributed by atoms with Crippen molar-refractivity contribution in [2.75, 3.05) is 20.3 Å². The minimum absolute atomic E-state index is 0.0244. The molecule has 22 atom stereocenters. The Morgan fingerprint density at radius 1 is 0.446 bits per heavy atom. The number of esters is 10. The number of ether oxygens (including phenoxy) is 12. The van der Waals surface area contributed by atoms with E-state index in [9.17, 15) is 82.8 Å². The summed E-state index contributed by atoms with van der Waals surface area (Å²) in [6, 6.07) is 45.6. The van der Waals surface area contributed by atoms with Crippen molar-refractivity contribution in [3.63, 3.8) is 0 Å². The van der Waals surface area contributed by atoms with Crippen LogP contribution in [0.3, 0.4) is 0 Å². The van der Waals surface area contributed by atoms with Crippen molar-refractivity contribution in [2.24, 2.45) is 38.5 Å². The van der Waals surface area contributed by atoms with Crippen LogP contribution in [0, 0.1) is 33.5 Å². The second kappa shape index (κ2) is 41.9. The number of carbonyl (C=O) groups is 15. The third kappa shape index (κ3) is 19.9. The van der Waals surface area contributed by atoms with E-state index in [1.807, 2.05) is 0 Å². The Kier molecular flexibility index (Phi) is 31.1. The molecule has 4 unspecified atom stereocenters. The van der Waals surface area contributed by atoms with Gasteiger partial charge in [-0.15, -0.1) is 0 Å². The zero-order valence-corrected chi connectivity index (χ0v) is 79.5. The standard InChI is InChI=1S/C53H60N2O15.C52H57NO16/c1-30-36(67-49(63)42(59)41(33-19-11-8-12-20-33)55-47(61)34-21-13-9-14-22-34)28-53(64)46(69-48(62)35-23-15-10-16-24-35)44-51(6,45(60)43(66-31(2)56)40(30)50(53,4)5)37(68-39(58)25-17-18-26-54-7)27-38-52(44,29-65-38)70-32(3)57;1-29-35(66-48(62)41(58)40(32-18-10-7-11-19-32)53-46(60)33-20-12-8-13-21-33)27-52(63)45(68-47(61)34-22-14-9-15-23-34)43-50(6,44(59)42(65-30(2)55)39(29)49(52,4)5)36(67-38(57)24-16-17-25-54)26-37-51(43,28-64-37)69-31(3)56/h8-16,19-24,26,36-38,41-44,46,59,64H,17-18,25,27-29H2,1-7H3,(H,55,61);7-15,18-23,25,35-37,40-43,45,58,63H,16-17,24,26-28H2,1-6H3,(H,53,60)/t36?,37-,38+,41?,42+,43+,44-,46-,51+,52-,53+;35?,36-,37+,40?,41+,42+,43-,45-,50+,51-,52+/m00/s1. The van der Waals surface area contributed by atoms with Crippen LogP contribution >= 0.6 is 0 Å². The fourth-order valence-corrected chi connectivity index (χ4v) is 21.9. The maximum absolute atomic E-state index is 16.1. The summed E-state index contributed by atoms with van der Waals surface area (Å²) in [7, 11) is 1.60. The van der Waals surface area contributed by atoms with E-state index >= 15 is 9.59 Å². The van der Waals surface area contributed by atoms with E-state index in [0.717, 1.165) is 27.7 Å². The van der Waals surface area contributed by atoms with Gasteiger partial charge in [-0.05, 0) is 135 Å². The number of nitrogens with zero attached hydrogens (tertiary/aromatic N) is 1. The Morgan fingerprint density at radius 2 is 0.770 bits per heavy atom. The van der Waals surface area contributed by atoms with Crippen molar-refractivity contribution in [3.05, 3.63) is 238 Å². The number of fused-ring (bicyclic) bond motifs is 10. The zero-order chi connectivity index (χ0) is 101. The van der Waals surface area contributed by atoms with E-state index in [-0.39, 0.29) is 96.3 Å². The molecule has 4 bridgehead atoms. The van der Waals surface area contributed by atoms with Gasteiger partial charge in [-0.2, -0.15) is 0 Å². The number of rotatable bonds is 30. The number of hydrogen-bond donors (Lipinski definition) is 6. The maximum Gasteiger partial charge on any atom is 0.338 e. The van der Waals surface area contributed by atoms with Crippen molar-refractivity contribution >= 4 is 95.6 Å². The first-order valence-corrected chi connectivity index (χ1v) is 46.2. The normalized spacial score (nSPS) is 29.6. The molecule has 738 valence electrons. The molecule has 2 aliphatic heterocycles. The van der Waals surface area contributed by atoms with Crippen molar-refractivity contribution in [3.8, 4) is 0 Å².